The Morgan fingerprint density at radius 3 is 1.72 bits per heavy atom. The molecule has 32 heavy (non-hydrogen) atoms. The highest BCUT2D eigenvalue weighted by molar-refractivity contribution is 6.14. The number of fused-ring (bicyclic) bond motifs is 6. The lowest BCUT2D eigenvalue weighted by molar-refractivity contribution is 0.667. The summed E-state index contributed by atoms with van der Waals surface area (Å²) >= 11 is 0. The average Bonchev–Trinajstić information content (AvgIpc) is 3.41. The van der Waals surface area contributed by atoms with Crippen LogP contribution in [-0.2, 0) is 0 Å². The molecule has 7 rings (SSSR count). The van der Waals surface area contributed by atoms with E-state index < -0.39 is 0 Å². The average molecular weight is 409 g/mol. The molecule has 150 valence electrons. The van der Waals surface area contributed by atoms with Crippen LogP contribution in [0.1, 0.15) is 0 Å². The van der Waals surface area contributed by atoms with Crippen molar-refractivity contribution in [1.29, 1.82) is 0 Å². The maximum absolute atomic E-state index is 6.67. The highest BCUT2D eigenvalue weighted by atomic mass is 16.3. The highest BCUT2D eigenvalue weighted by Gasteiger charge is 2.18. The smallest absolute Gasteiger partial charge is 0.159 e. The molecule has 0 atom stereocenters. The first kappa shape index (κ1) is 17.4. The summed E-state index contributed by atoms with van der Waals surface area (Å²) in [5.74, 6) is 0. The maximum atomic E-state index is 6.67. The first-order valence-electron chi connectivity index (χ1n) is 10.9. The fraction of sp³-hybridized carbons (Fsp3) is 0. The van der Waals surface area contributed by atoms with Crippen LogP contribution in [0.2, 0.25) is 0 Å². The third-order valence-corrected chi connectivity index (χ3v) is 6.41. The molecule has 0 unspecified atom stereocenters. The number of hydrogen-bond donors (Lipinski definition) is 0. The molecule has 0 amide bonds. The van der Waals surface area contributed by atoms with Crippen LogP contribution in [0.4, 0.5) is 0 Å². The largest absolute Gasteiger partial charge is 0.453 e. The normalized spacial score (nSPS) is 11.8. The van der Waals surface area contributed by atoms with Gasteiger partial charge in [0.2, 0.25) is 0 Å². The van der Waals surface area contributed by atoms with Gasteiger partial charge in [-0.1, -0.05) is 97.1 Å². The third kappa shape index (κ3) is 2.35. The van der Waals surface area contributed by atoms with Gasteiger partial charge in [0.05, 0.1) is 16.7 Å². The van der Waals surface area contributed by atoms with Crippen LogP contribution in [0.5, 0.6) is 0 Å². The van der Waals surface area contributed by atoms with Crippen molar-refractivity contribution in [2.75, 3.05) is 0 Å². The summed E-state index contributed by atoms with van der Waals surface area (Å²) in [4.78, 5) is 0. The first-order valence-corrected chi connectivity index (χ1v) is 10.9. The Labute approximate surface area is 184 Å². The molecule has 5 aromatic carbocycles. The predicted molar refractivity (Wildman–Crippen MR) is 133 cm³/mol. The van der Waals surface area contributed by atoms with Crippen LogP contribution < -0.4 is 0 Å². The van der Waals surface area contributed by atoms with Crippen LogP contribution in [0.25, 0.3) is 60.6 Å². The standard InChI is InChI=1S/C30H19NO/c1-2-10-20(11-3-1)21-14-8-15-24-25-16-9-19-28(30(25)32-29(21)24)31-26-17-6-4-12-22(26)23-13-5-7-18-27(23)31/h1-19H. The van der Waals surface area contributed by atoms with Gasteiger partial charge < -0.3 is 8.98 Å². The van der Waals surface area contributed by atoms with Gasteiger partial charge >= 0.3 is 0 Å². The molecule has 2 nitrogen and oxygen atoms in total. The molecular weight excluding hydrogens is 390 g/mol. The van der Waals surface area contributed by atoms with E-state index in [1.165, 1.54) is 21.8 Å². The van der Waals surface area contributed by atoms with Crippen molar-refractivity contribution < 1.29 is 4.42 Å². The quantitative estimate of drug-likeness (QED) is 0.280. The SMILES string of the molecule is c1ccc(-c2cccc3c2oc2c(-n4c5ccccc5c5ccccc54)cccc23)cc1. The van der Waals surface area contributed by atoms with E-state index in [4.69, 9.17) is 4.42 Å². The summed E-state index contributed by atoms with van der Waals surface area (Å²) in [6, 6.07) is 40.5. The van der Waals surface area contributed by atoms with Gasteiger partial charge in [-0.25, -0.2) is 0 Å². The topological polar surface area (TPSA) is 18.1 Å². The summed E-state index contributed by atoms with van der Waals surface area (Å²) in [5, 5.41) is 4.78. The zero-order valence-electron chi connectivity index (χ0n) is 17.3. The molecule has 0 aliphatic heterocycles. The Morgan fingerprint density at radius 1 is 0.438 bits per heavy atom. The Kier molecular flexibility index (Phi) is 3.58. The van der Waals surface area contributed by atoms with E-state index in [0.717, 1.165) is 38.8 Å². The Balaban J connectivity index is 1.61. The number of para-hydroxylation sites is 4. The van der Waals surface area contributed by atoms with Crippen LogP contribution in [0.3, 0.4) is 0 Å². The lowest BCUT2D eigenvalue weighted by Crippen LogP contribution is -1.93. The zero-order valence-corrected chi connectivity index (χ0v) is 17.3. The minimum atomic E-state index is 0.914. The fourth-order valence-electron chi connectivity index (χ4n) is 5.01. The molecule has 7 aromatic rings. The van der Waals surface area contributed by atoms with Gasteiger partial charge in [-0.3, -0.25) is 0 Å². The van der Waals surface area contributed by atoms with Gasteiger partial charge in [-0.05, 0) is 23.8 Å². The molecule has 2 heteroatoms. The second-order valence-electron chi connectivity index (χ2n) is 8.17. The fourth-order valence-corrected chi connectivity index (χ4v) is 5.01. The Hall–Kier alpha value is -4.30. The van der Waals surface area contributed by atoms with Gasteiger partial charge in [0.25, 0.3) is 0 Å². The van der Waals surface area contributed by atoms with Crippen molar-refractivity contribution in [3.05, 3.63) is 115 Å². The van der Waals surface area contributed by atoms with Gasteiger partial charge in [-0.15, -0.1) is 0 Å². The number of rotatable bonds is 2. The van der Waals surface area contributed by atoms with Crippen LogP contribution in [0.15, 0.2) is 120 Å². The van der Waals surface area contributed by atoms with E-state index in [1.807, 2.05) is 6.07 Å². The predicted octanol–water partition coefficient (Wildman–Crippen LogP) is 8.35. The molecule has 0 N–H and O–H groups in total. The van der Waals surface area contributed by atoms with Crippen molar-refractivity contribution in [3.8, 4) is 16.8 Å². The monoisotopic (exact) mass is 409 g/mol. The third-order valence-electron chi connectivity index (χ3n) is 6.41. The van der Waals surface area contributed by atoms with E-state index >= 15 is 0 Å². The molecular formula is C30H19NO. The summed E-state index contributed by atoms with van der Waals surface area (Å²) in [7, 11) is 0. The molecule has 0 radical (unpaired) electrons. The van der Waals surface area contributed by atoms with Crippen molar-refractivity contribution in [2.45, 2.75) is 0 Å². The van der Waals surface area contributed by atoms with Crippen LogP contribution in [-0.4, -0.2) is 4.57 Å². The lowest BCUT2D eigenvalue weighted by atomic mass is 10.0. The van der Waals surface area contributed by atoms with Crippen molar-refractivity contribution >= 4 is 43.7 Å². The second kappa shape index (κ2) is 6.60. The minimum Gasteiger partial charge on any atom is -0.453 e. The van der Waals surface area contributed by atoms with E-state index in [9.17, 15) is 0 Å². The van der Waals surface area contributed by atoms with E-state index in [0.29, 0.717) is 0 Å². The Bertz CT molecular complexity index is 1720. The number of furan rings is 1. The van der Waals surface area contributed by atoms with Crippen LogP contribution in [0, 0.1) is 0 Å². The molecule has 2 heterocycles. The maximum Gasteiger partial charge on any atom is 0.159 e. The number of aromatic nitrogens is 1. The summed E-state index contributed by atoms with van der Waals surface area (Å²) in [6.07, 6.45) is 0. The second-order valence-corrected chi connectivity index (χ2v) is 8.17. The van der Waals surface area contributed by atoms with Gasteiger partial charge in [0.1, 0.15) is 5.58 Å². The molecule has 0 saturated heterocycles. The molecule has 0 spiro atoms. The van der Waals surface area contributed by atoms with Gasteiger partial charge in [-0.2, -0.15) is 0 Å². The van der Waals surface area contributed by atoms with Crippen molar-refractivity contribution in [1.82, 2.24) is 4.57 Å². The van der Waals surface area contributed by atoms with E-state index in [1.54, 1.807) is 0 Å². The van der Waals surface area contributed by atoms with E-state index in [2.05, 4.69) is 114 Å². The number of hydrogen-bond acceptors (Lipinski definition) is 1. The van der Waals surface area contributed by atoms with Crippen LogP contribution >= 0.6 is 0 Å². The number of nitrogens with zero attached hydrogens (tertiary/aromatic N) is 1. The van der Waals surface area contributed by atoms with Crippen molar-refractivity contribution in [2.24, 2.45) is 0 Å². The molecule has 0 aliphatic carbocycles. The number of benzene rings is 5. The van der Waals surface area contributed by atoms with Gasteiger partial charge in [0.15, 0.2) is 5.58 Å². The van der Waals surface area contributed by atoms with Gasteiger partial charge in [0, 0.05) is 27.1 Å². The Morgan fingerprint density at radius 2 is 1.00 bits per heavy atom. The summed E-state index contributed by atoms with van der Waals surface area (Å²) in [6.45, 7) is 0. The summed E-state index contributed by atoms with van der Waals surface area (Å²) < 4.78 is 9.00. The lowest BCUT2D eigenvalue weighted by Gasteiger charge is -2.08. The zero-order chi connectivity index (χ0) is 21.1. The molecule has 0 saturated carbocycles. The van der Waals surface area contributed by atoms with E-state index in [-0.39, 0.29) is 0 Å². The molecule has 0 aliphatic rings. The van der Waals surface area contributed by atoms with Crippen molar-refractivity contribution in [3.63, 3.8) is 0 Å². The molecule has 0 fully saturated rings. The molecule has 0 bridgehead atoms. The molecule has 2 aromatic heterocycles. The highest BCUT2D eigenvalue weighted by Crippen LogP contribution is 2.40. The first-order chi connectivity index (χ1) is 15.9. The summed E-state index contributed by atoms with van der Waals surface area (Å²) in [5.41, 5.74) is 7.56. The minimum absolute atomic E-state index is 0.914.